The fraction of sp³-hybridized carbons (Fsp3) is 0.438. The summed E-state index contributed by atoms with van der Waals surface area (Å²) >= 11 is 3.44. The first-order valence-corrected chi connectivity index (χ1v) is 8.50. The molecule has 0 unspecified atom stereocenters. The van der Waals surface area contributed by atoms with Crippen LogP contribution in [0.2, 0.25) is 0 Å². The monoisotopic (exact) mass is 377 g/mol. The molecular formula is C16H20BrN5O. The summed E-state index contributed by atoms with van der Waals surface area (Å²) in [5.74, 6) is 0.935. The molecule has 7 heteroatoms. The van der Waals surface area contributed by atoms with Crippen LogP contribution in [0, 0.1) is 6.92 Å². The van der Waals surface area contributed by atoms with Gasteiger partial charge in [-0.3, -0.25) is 9.48 Å². The van der Waals surface area contributed by atoms with Crippen molar-refractivity contribution in [1.29, 1.82) is 0 Å². The van der Waals surface area contributed by atoms with Gasteiger partial charge in [-0.1, -0.05) is 0 Å². The summed E-state index contributed by atoms with van der Waals surface area (Å²) in [5.41, 5.74) is 1.63. The lowest BCUT2D eigenvalue weighted by Crippen LogP contribution is -2.45. The molecule has 0 aliphatic carbocycles. The summed E-state index contributed by atoms with van der Waals surface area (Å²) in [7, 11) is 1.81. The summed E-state index contributed by atoms with van der Waals surface area (Å²) < 4.78 is 2.63. The molecule has 23 heavy (non-hydrogen) atoms. The highest BCUT2D eigenvalue weighted by Gasteiger charge is 2.23. The number of carbonyl (C=O) groups is 1. The zero-order chi connectivity index (χ0) is 16.4. The van der Waals surface area contributed by atoms with Crippen molar-refractivity contribution in [3.8, 4) is 0 Å². The Labute approximate surface area is 144 Å². The molecule has 122 valence electrons. The molecule has 1 saturated heterocycles. The summed E-state index contributed by atoms with van der Waals surface area (Å²) in [6.45, 7) is 3.85. The van der Waals surface area contributed by atoms with Gasteiger partial charge in [0.1, 0.15) is 11.5 Å². The van der Waals surface area contributed by atoms with Gasteiger partial charge in [-0.05, 0) is 53.4 Å². The maximum absolute atomic E-state index is 12.2. The lowest BCUT2D eigenvalue weighted by atomic mass is 10.0. The van der Waals surface area contributed by atoms with Gasteiger partial charge in [-0.2, -0.15) is 5.10 Å². The zero-order valence-electron chi connectivity index (χ0n) is 13.3. The first kappa shape index (κ1) is 16.0. The molecule has 1 amide bonds. The lowest BCUT2D eigenvalue weighted by Gasteiger charge is -2.33. The van der Waals surface area contributed by atoms with E-state index in [1.54, 1.807) is 16.9 Å². The smallest absolute Gasteiger partial charge is 0.271 e. The van der Waals surface area contributed by atoms with Crippen molar-refractivity contribution in [2.75, 3.05) is 18.0 Å². The fourth-order valence-corrected chi connectivity index (χ4v) is 3.34. The van der Waals surface area contributed by atoms with E-state index in [1.807, 2.05) is 13.2 Å². The Morgan fingerprint density at radius 3 is 2.74 bits per heavy atom. The molecule has 3 heterocycles. The third-order valence-electron chi connectivity index (χ3n) is 4.09. The van der Waals surface area contributed by atoms with Gasteiger partial charge < -0.3 is 10.2 Å². The second-order valence-electron chi connectivity index (χ2n) is 5.90. The number of aryl methyl sites for hydroxylation is 2. The van der Waals surface area contributed by atoms with Gasteiger partial charge >= 0.3 is 0 Å². The Bertz CT molecular complexity index is 706. The molecule has 2 aromatic heterocycles. The summed E-state index contributed by atoms with van der Waals surface area (Å²) in [4.78, 5) is 19.0. The molecule has 0 spiro atoms. The molecule has 0 aromatic carbocycles. The number of hydrogen-bond donors (Lipinski definition) is 1. The Hall–Kier alpha value is -1.89. The van der Waals surface area contributed by atoms with Crippen LogP contribution < -0.4 is 10.2 Å². The van der Waals surface area contributed by atoms with E-state index >= 15 is 0 Å². The molecule has 1 aliphatic rings. The van der Waals surface area contributed by atoms with Crippen molar-refractivity contribution in [1.82, 2.24) is 20.1 Å². The van der Waals surface area contributed by atoms with Crippen LogP contribution in [0.15, 0.2) is 29.0 Å². The molecule has 6 nitrogen and oxygen atoms in total. The van der Waals surface area contributed by atoms with Crippen LogP contribution in [0.1, 0.15) is 28.9 Å². The number of aromatic nitrogens is 3. The van der Waals surface area contributed by atoms with Gasteiger partial charge in [-0.15, -0.1) is 0 Å². The van der Waals surface area contributed by atoms with E-state index in [0.717, 1.165) is 41.8 Å². The molecule has 1 fully saturated rings. The second-order valence-corrected chi connectivity index (χ2v) is 6.82. The third-order valence-corrected chi connectivity index (χ3v) is 4.53. The standard InChI is InChI=1S/C16H20BrN5O/c1-11-9-12(17)10-18-15(11)22-7-3-13(4-8-22)19-16(23)14-5-6-21(2)20-14/h5-6,9-10,13H,3-4,7-8H2,1-2H3,(H,19,23). The Morgan fingerprint density at radius 2 is 2.13 bits per heavy atom. The van der Waals surface area contributed by atoms with Crippen LogP contribution in [0.4, 0.5) is 5.82 Å². The van der Waals surface area contributed by atoms with E-state index in [9.17, 15) is 4.79 Å². The van der Waals surface area contributed by atoms with Crippen LogP contribution in [-0.2, 0) is 7.05 Å². The topological polar surface area (TPSA) is 63.1 Å². The van der Waals surface area contributed by atoms with Gasteiger partial charge in [0.05, 0.1) is 0 Å². The number of anilines is 1. The molecule has 2 aromatic rings. The van der Waals surface area contributed by atoms with Crippen LogP contribution in [0.25, 0.3) is 0 Å². The van der Waals surface area contributed by atoms with Crippen molar-refractivity contribution >= 4 is 27.7 Å². The van der Waals surface area contributed by atoms with Crippen molar-refractivity contribution in [3.63, 3.8) is 0 Å². The second kappa shape index (κ2) is 6.70. The van der Waals surface area contributed by atoms with Crippen molar-refractivity contribution in [2.24, 2.45) is 7.05 Å². The summed E-state index contributed by atoms with van der Waals surface area (Å²) in [6, 6.07) is 4.01. The number of hydrogen-bond acceptors (Lipinski definition) is 4. The highest BCUT2D eigenvalue weighted by atomic mass is 79.9. The van der Waals surface area contributed by atoms with Crippen LogP contribution in [-0.4, -0.2) is 39.8 Å². The lowest BCUT2D eigenvalue weighted by molar-refractivity contribution is 0.0925. The average molecular weight is 378 g/mol. The van der Waals surface area contributed by atoms with Crippen LogP contribution in [0.3, 0.4) is 0 Å². The quantitative estimate of drug-likeness (QED) is 0.890. The number of amides is 1. The fourth-order valence-electron chi connectivity index (χ4n) is 2.90. The molecule has 0 atom stereocenters. The average Bonchev–Trinajstić information content (AvgIpc) is 2.95. The highest BCUT2D eigenvalue weighted by molar-refractivity contribution is 9.10. The zero-order valence-corrected chi connectivity index (χ0v) is 14.9. The van der Waals surface area contributed by atoms with Gasteiger partial charge in [0.15, 0.2) is 0 Å². The highest BCUT2D eigenvalue weighted by Crippen LogP contribution is 2.24. The number of nitrogens with one attached hydrogen (secondary N) is 1. The minimum absolute atomic E-state index is 0.0954. The SMILES string of the molecule is Cc1cc(Br)cnc1N1CCC(NC(=O)c2ccn(C)n2)CC1. The predicted molar refractivity (Wildman–Crippen MR) is 92.6 cm³/mol. The normalized spacial score (nSPS) is 15.7. The third kappa shape index (κ3) is 3.72. The first-order valence-electron chi connectivity index (χ1n) is 7.70. The summed E-state index contributed by atoms with van der Waals surface area (Å²) in [5, 5.41) is 7.21. The predicted octanol–water partition coefficient (Wildman–Crippen LogP) is 2.28. The van der Waals surface area contributed by atoms with Gasteiger partial charge in [0.25, 0.3) is 5.91 Å². The number of nitrogens with zero attached hydrogens (tertiary/aromatic N) is 4. The number of pyridine rings is 1. The Kier molecular flexibility index (Phi) is 4.66. The van der Waals surface area contributed by atoms with Crippen molar-refractivity contribution in [3.05, 3.63) is 40.3 Å². The van der Waals surface area contributed by atoms with Gasteiger partial charge in [0, 0.05) is 43.0 Å². The van der Waals surface area contributed by atoms with Crippen LogP contribution in [0.5, 0.6) is 0 Å². The van der Waals surface area contributed by atoms with E-state index in [0.29, 0.717) is 5.69 Å². The maximum Gasteiger partial charge on any atom is 0.271 e. The molecule has 0 bridgehead atoms. The van der Waals surface area contributed by atoms with Gasteiger partial charge in [0.2, 0.25) is 0 Å². The van der Waals surface area contributed by atoms with E-state index in [2.05, 4.69) is 49.2 Å². The molecular weight excluding hydrogens is 358 g/mol. The molecule has 3 rings (SSSR count). The van der Waals surface area contributed by atoms with E-state index in [-0.39, 0.29) is 11.9 Å². The van der Waals surface area contributed by atoms with E-state index in [4.69, 9.17) is 0 Å². The number of carbonyl (C=O) groups excluding carboxylic acids is 1. The number of piperidine rings is 1. The van der Waals surface area contributed by atoms with Crippen molar-refractivity contribution < 1.29 is 4.79 Å². The first-order chi connectivity index (χ1) is 11.0. The Balaban J connectivity index is 1.57. The van der Waals surface area contributed by atoms with Gasteiger partial charge in [-0.25, -0.2) is 4.98 Å². The molecule has 1 N–H and O–H groups in total. The number of halogens is 1. The van der Waals surface area contributed by atoms with E-state index < -0.39 is 0 Å². The van der Waals surface area contributed by atoms with Crippen LogP contribution >= 0.6 is 15.9 Å². The molecule has 0 radical (unpaired) electrons. The maximum atomic E-state index is 12.2. The summed E-state index contributed by atoms with van der Waals surface area (Å²) in [6.07, 6.45) is 5.43. The molecule has 0 saturated carbocycles. The van der Waals surface area contributed by atoms with Crippen molar-refractivity contribution in [2.45, 2.75) is 25.8 Å². The Morgan fingerprint density at radius 1 is 1.39 bits per heavy atom. The number of rotatable bonds is 3. The molecule has 1 aliphatic heterocycles. The largest absolute Gasteiger partial charge is 0.356 e. The van der Waals surface area contributed by atoms with E-state index in [1.165, 1.54) is 0 Å². The minimum atomic E-state index is -0.0954. The minimum Gasteiger partial charge on any atom is -0.356 e.